The molecule has 0 N–H and O–H groups in total. The Morgan fingerprint density at radius 2 is 1.92 bits per heavy atom. The van der Waals surface area contributed by atoms with E-state index >= 15 is 0 Å². The van der Waals surface area contributed by atoms with Gasteiger partial charge in [0.05, 0.1) is 7.11 Å². The van der Waals surface area contributed by atoms with Crippen molar-refractivity contribution in [2.24, 2.45) is 5.92 Å². The number of hydrogen-bond acceptors (Lipinski definition) is 3. The van der Waals surface area contributed by atoms with Crippen LogP contribution in [0.15, 0.2) is 0 Å². The summed E-state index contributed by atoms with van der Waals surface area (Å²) in [6.45, 7) is 0. The molecule has 0 bridgehead atoms. The molecule has 0 aromatic heterocycles. The monoisotopic (exact) mass is 178 g/mol. The van der Waals surface area contributed by atoms with Crippen molar-refractivity contribution >= 4 is 11.8 Å². The standard InChI is InChI=1S/C7H8F2O3/c1-12-6(11)5(10)4-2-7(8,9)3-4/h4H,2-3H2,1H3. The largest absolute Gasteiger partial charge is 0.463 e. The van der Waals surface area contributed by atoms with E-state index in [0.29, 0.717) is 0 Å². The van der Waals surface area contributed by atoms with Gasteiger partial charge >= 0.3 is 5.97 Å². The number of methoxy groups -OCH3 is 1. The third-order valence-electron chi connectivity index (χ3n) is 1.85. The molecule has 5 heteroatoms. The third kappa shape index (κ3) is 1.60. The highest BCUT2D eigenvalue weighted by Gasteiger charge is 2.50. The summed E-state index contributed by atoms with van der Waals surface area (Å²) >= 11 is 0. The van der Waals surface area contributed by atoms with Crippen molar-refractivity contribution in [3.8, 4) is 0 Å². The van der Waals surface area contributed by atoms with Gasteiger partial charge in [-0.15, -0.1) is 0 Å². The maximum atomic E-state index is 12.2. The van der Waals surface area contributed by atoms with Gasteiger partial charge in [0.1, 0.15) is 0 Å². The van der Waals surface area contributed by atoms with Crippen molar-refractivity contribution in [3.63, 3.8) is 0 Å². The van der Waals surface area contributed by atoms with E-state index in [4.69, 9.17) is 0 Å². The lowest BCUT2D eigenvalue weighted by molar-refractivity contribution is -0.164. The summed E-state index contributed by atoms with van der Waals surface area (Å²) in [4.78, 5) is 21.4. The van der Waals surface area contributed by atoms with E-state index in [9.17, 15) is 18.4 Å². The normalized spacial score (nSPS) is 21.2. The number of hydrogen-bond donors (Lipinski definition) is 0. The van der Waals surface area contributed by atoms with Crippen molar-refractivity contribution in [1.29, 1.82) is 0 Å². The fourth-order valence-corrected chi connectivity index (χ4v) is 1.11. The predicted octanol–water partition coefficient (Wildman–Crippen LogP) is 0.774. The molecule has 0 aromatic carbocycles. The van der Waals surface area contributed by atoms with E-state index in [1.54, 1.807) is 0 Å². The fourth-order valence-electron chi connectivity index (χ4n) is 1.11. The maximum Gasteiger partial charge on any atom is 0.374 e. The first-order valence-electron chi connectivity index (χ1n) is 3.46. The summed E-state index contributed by atoms with van der Waals surface area (Å²) in [6, 6.07) is 0. The van der Waals surface area contributed by atoms with Crippen LogP contribution < -0.4 is 0 Å². The molecule has 0 heterocycles. The van der Waals surface area contributed by atoms with E-state index < -0.39 is 36.4 Å². The zero-order chi connectivity index (χ0) is 9.35. The summed E-state index contributed by atoms with van der Waals surface area (Å²) in [6.07, 6.45) is -1.05. The third-order valence-corrected chi connectivity index (χ3v) is 1.85. The molecule has 12 heavy (non-hydrogen) atoms. The van der Waals surface area contributed by atoms with Gasteiger partial charge in [0.25, 0.3) is 0 Å². The van der Waals surface area contributed by atoms with E-state index in [2.05, 4.69) is 4.74 Å². The number of carbonyl (C=O) groups is 2. The van der Waals surface area contributed by atoms with Crippen molar-refractivity contribution in [2.45, 2.75) is 18.8 Å². The topological polar surface area (TPSA) is 43.4 Å². The Morgan fingerprint density at radius 3 is 2.25 bits per heavy atom. The zero-order valence-corrected chi connectivity index (χ0v) is 6.47. The van der Waals surface area contributed by atoms with Crippen LogP contribution in [-0.2, 0) is 14.3 Å². The average molecular weight is 178 g/mol. The molecule has 1 saturated carbocycles. The van der Waals surface area contributed by atoms with E-state index in [1.807, 2.05) is 0 Å². The number of ether oxygens (including phenoxy) is 1. The summed E-state index contributed by atoms with van der Waals surface area (Å²) in [5, 5.41) is 0. The first-order chi connectivity index (χ1) is 5.46. The molecule has 0 atom stereocenters. The number of rotatable bonds is 2. The van der Waals surface area contributed by atoms with Gasteiger partial charge in [-0.05, 0) is 0 Å². The summed E-state index contributed by atoms with van der Waals surface area (Å²) in [5.41, 5.74) is 0. The second-order valence-corrected chi connectivity index (χ2v) is 2.82. The van der Waals surface area contributed by atoms with Crippen molar-refractivity contribution in [1.82, 2.24) is 0 Å². The van der Waals surface area contributed by atoms with Crippen molar-refractivity contribution < 1.29 is 23.1 Å². The molecule has 0 radical (unpaired) electrons. The molecule has 0 saturated heterocycles. The predicted molar refractivity (Wildman–Crippen MR) is 34.7 cm³/mol. The molecular formula is C7H8F2O3. The van der Waals surface area contributed by atoms with Gasteiger partial charge in [0.2, 0.25) is 11.7 Å². The summed E-state index contributed by atoms with van der Waals surface area (Å²) in [7, 11) is 1.05. The van der Waals surface area contributed by atoms with Crippen LogP contribution in [0.25, 0.3) is 0 Å². The number of esters is 1. The molecule has 1 aliphatic carbocycles. The number of alkyl halides is 2. The molecule has 1 rings (SSSR count). The number of carbonyl (C=O) groups excluding carboxylic acids is 2. The average Bonchev–Trinajstić information content (AvgIpc) is 1.97. The Bertz CT molecular complexity index is 217. The maximum absolute atomic E-state index is 12.2. The highest BCUT2D eigenvalue weighted by molar-refractivity contribution is 6.34. The van der Waals surface area contributed by atoms with Crippen LogP contribution in [0.1, 0.15) is 12.8 Å². The van der Waals surface area contributed by atoms with E-state index in [0.717, 1.165) is 7.11 Å². The number of Topliss-reactive ketones (excluding diaryl/α,β-unsaturated/α-hetero) is 1. The minimum atomic E-state index is -2.77. The minimum absolute atomic E-state index is 0.527. The fraction of sp³-hybridized carbons (Fsp3) is 0.714. The van der Waals surface area contributed by atoms with Gasteiger partial charge in [0.15, 0.2) is 0 Å². The lowest BCUT2D eigenvalue weighted by atomic mass is 9.78. The van der Waals surface area contributed by atoms with Crippen LogP contribution in [0.3, 0.4) is 0 Å². The molecule has 0 spiro atoms. The summed E-state index contributed by atoms with van der Waals surface area (Å²) in [5.74, 6) is -5.49. The lowest BCUT2D eigenvalue weighted by Crippen LogP contribution is -2.42. The summed E-state index contributed by atoms with van der Waals surface area (Å²) < 4.78 is 28.5. The number of halogens is 2. The quantitative estimate of drug-likeness (QED) is 0.463. The van der Waals surface area contributed by atoms with Gasteiger partial charge in [-0.2, -0.15) is 0 Å². The molecule has 1 fully saturated rings. The highest BCUT2D eigenvalue weighted by Crippen LogP contribution is 2.42. The van der Waals surface area contributed by atoms with Crippen LogP contribution in [0.4, 0.5) is 8.78 Å². The lowest BCUT2D eigenvalue weighted by Gasteiger charge is -2.32. The SMILES string of the molecule is COC(=O)C(=O)C1CC(F)(F)C1. The van der Waals surface area contributed by atoms with E-state index in [1.165, 1.54) is 0 Å². The molecule has 1 aliphatic rings. The van der Waals surface area contributed by atoms with E-state index in [-0.39, 0.29) is 0 Å². The first kappa shape index (κ1) is 9.09. The van der Waals surface area contributed by atoms with Gasteiger partial charge in [-0.25, -0.2) is 13.6 Å². The van der Waals surface area contributed by atoms with Crippen LogP contribution in [0, 0.1) is 5.92 Å². The highest BCUT2D eigenvalue weighted by atomic mass is 19.3. The van der Waals surface area contributed by atoms with Crippen molar-refractivity contribution in [2.75, 3.05) is 7.11 Å². The van der Waals surface area contributed by atoms with Gasteiger partial charge in [-0.3, -0.25) is 4.79 Å². The Labute approximate surface area is 67.7 Å². The molecule has 3 nitrogen and oxygen atoms in total. The smallest absolute Gasteiger partial charge is 0.374 e. The Balaban J connectivity index is 2.43. The van der Waals surface area contributed by atoms with Crippen LogP contribution in [0.5, 0.6) is 0 Å². The molecule has 0 aliphatic heterocycles. The molecule has 0 amide bonds. The second kappa shape index (κ2) is 2.80. The Kier molecular flexibility index (Phi) is 2.12. The molecular weight excluding hydrogens is 170 g/mol. The first-order valence-corrected chi connectivity index (χ1v) is 3.46. The molecule has 68 valence electrons. The molecule has 0 unspecified atom stereocenters. The Morgan fingerprint density at radius 1 is 1.42 bits per heavy atom. The van der Waals surface area contributed by atoms with Crippen LogP contribution in [-0.4, -0.2) is 24.8 Å². The van der Waals surface area contributed by atoms with Gasteiger partial charge in [0, 0.05) is 18.8 Å². The van der Waals surface area contributed by atoms with Crippen LogP contribution in [0.2, 0.25) is 0 Å². The van der Waals surface area contributed by atoms with Gasteiger partial charge in [-0.1, -0.05) is 0 Å². The van der Waals surface area contributed by atoms with Crippen molar-refractivity contribution in [3.05, 3.63) is 0 Å². The molecule has 0 aromatic rings. The minimum Gasteiger partial charge on any atom is -0.463 e. The Hall–Kier alpha value is -1.00. The second-order valence-electron chi connectivity index (χ2n) is 2.82. The number of ketones is 1. The zero-order valence-electron chi connectivity index (χ0n) is 6.47. The van der Waals surface area contributed by atoms with Crippen LogP contribution >= 0.6 is 0 Å². The van der Waals surface area contributed by atoms with Gasteiger partial charge < -0.3 is 4.74 Å².